The van der Waals surface area contributed by atoms with Crippen LogP contribution in [0.3, 0.4) is 0 Å². The van der Waals surface area contributed by atoms with Gasteiger partial charge in [0.1, 0.15) is 0 Å². The average molecular weight is 193 g/mol. The molecule has 0 aromatic carbocycles. The Labute approximate surface area is 85.8 Å². The number of allylic oxidation sites excluding steroid dienone is 3. The van der Waals surface area contributed by atoms with Gasteiger partial charge < -0.3 is 11.1 Å². The van der Waals surface area contributed by atoms with E-state index in [0.717, 1.165) is 13.0 Å². The van der Waals surface area contributed by atoms with E-state index < -0.39 is 0 Å². The summed E-state index contributed by atoms with van der Waals surface area (Å²) in [4.78, 5) is 4.10. The van der Waals surface area contributed by atoms with Crippen molar-refractivity contribution in [2.75, 3.05) is 6.54 Å². The Bertz CT molecular complexity index is 285. The third-order valence-electron chi connectivity index (χ3n) is 2.22. The van der Waals surface area contributed by atoms with Crippen molar-refractivity contribution in [3.05, 3.63) is 23.8 Å². The first kappa shape index (κ1) is 10.8. The standard InChI is InChI=1S/C11H19N3/c1-9(2)5-4-6-11(3)7-8-13-10(12)14-11/h4-6H,7-8H2,1-3H3,(H3,12,13,14)/b6-4+. The van der Waals surface area contributed by atoms with Crippen molar-refractivity contribution in [1.29, 1.82) is 0 Å². The van der Waals surface area contributed by atoms with E-state index in [-0.39, 0.29) is 5.54 Å². The molecule has 1 unspecified atom stereocenters. The van der Waals surface area contributed by atoms with Gasteiger partial charge in [-0.1, -0.05) is 23.8 Å². The number of hydrogen-bond donors (Lipinski definition) is 2. The number of nitrogens with zero attached hydrogens (tertiary/aromatic N) is 1. The van der Waals surface area contributed by atoms with Gasteiger partial charge in [0, 0.05) is 6.54 Å². The molecule has 0 spiro atoms. The van der Waals surface area contributed by atoms with Gasteiger partial charge in [-0.2, -0.15) is 0 Å². The van der Waals surface area contributed by atoms with Gasteiger partial charge in [-0.15, -0.1) is 0 Å². The van der Waals surface area contributed by atoms with Gasteiger partial charge in [0.05, 0.1) is 5.54 Å². The van der Waals surface area contributed by atoms with Crippen molar-refractivity contribution in [2.45, 2.75) is 32.7 Å². The van der Waals surface area contributed by atoms with E-state index in [1.807, 2.05) is 0 Å². The Morgan fingerprint density at radius 2 is 2.29 bits per heavy atom. The first-order valence-electron chi connectivity index (χ1n) is 4.93. The Morgan fingerprint density at radius 3 is 2.86 bits per heavy atom. The first-order valence-corrected chi connectivity index (χ1v) is 4.93. The first-order chi connectivity index (χ1) is 6.52. The van der Waals surface area contributed by atoms with Crippen LogP contribution in [0.4, 0.5) is 0 Å². The Kier molecular flexibility index (Phi) is 3.33. The van der Waals surface area contributed by atoms with Crippen LogP contribution in [-0.4, -0.2) is 18.0 Å². The van der Waals surface area contributed by atoms with E-state index in [1.54, 1.807) is 0 Å². The van der Waals surface area contributed by atoms with E-state index in [9.17, 15) is 0 Å². The number of rotatable bonds is 2. The molecule has 1 aliphatic rings. The van der Waals surface area contributed by atoms with E-state index in [4.69, 9.17) is 5.73 Å². The highest BCUT2D eigenvalue weighted by atomic mass is 15.2. The second kappa shape index (κ2) is 4.31. The molecule has 0 aromatic rings. The summed E-state index contributed by atoms with van der Waals surface area (Å²) in [7, 11) is 0. The smallest absolute Gasteiger partial charge is 0.189 e. The number of nitrogens with two attached hydrogens (primary N) is 1. The molecule has 14 heavy (non-hydrogen) atoms. The molecule has 3 N–H and O–H groups in total. The van der Waals surface area contributed by atoms with Crippen molar-refractivity contribution < 1.29 is 0 Å². The SMILES string of the molecule is CC(C)=C/C=C/C1(C)CCN=C(N)N1. The Morgan fingerprint density at radius 1 is 1.57 bits per heavy atom. The minimum Gasteiger partial charge on any atom is -0.370 e. The van der Waals surface area contributed by atoms with E-state index in [2.05, 4.69) is 49.3 Å². The van der Waals surface area contributed by atoms with Crippen molar-refractivity contribution in [1.82, 2.24) is 5.32 Å². The zero-order chi connectivity index (χ0) is 10.6. The molecular formula is C11H19N3. The van der Waals surface area contributed by atoms with Crippen LogP contribution in [0.25, 0.3) is 0 Å². The molecule has 1 heterocycles. The third-order valence-corrected chi connectivity index (χ3v) is 2.22. The molecule has 1 aliphatic heterocycles. The number of nitrogens with one attached hydrogen (secondary N) is 1. The van der Waals surface area contributed by atoms with E-state index in [0.29, 0.717) is 5.96 Å². The fourth-order valence-electron chi connectivity index (χ4n) is 1.38. The van der Waals surface area contributed by atoms with Gasteiger partial charge in [-0.05, 0) is 27.2 Å². The molecular weight excluding hydrogens is 174 g/mol. The molecule has 0 aromatic heterocycles. The van der Waals surface area contributed by atoms with Crippen LogP contribution in [0.15, 0.2) is 28.8 Å². The van der Waals surface area contributed by atoms with Gasteiger partial charge in [0.15, 0.2) is 5.96 Å². The normalized spacial score (nSPS) is 26.9. The lowest BCUT2D eigenvalue weighted by molar-refractivity contribution is 0.463. The highest BCUT2D eigenvalue weighted by Crippen LogP contribution is 2.14. The van der Waals surface area contributed by atoms with Crippen LogP contribution in [0.1, 0.15) is 27.2 Å². The van der Waals surface area contributed by atoms with Crippen LogP contribution in [0.2, 0.25) is 0 Å². The van der Waals surface area contributed by atoms with Gasteiger partial charge >= 0.3 is 0 Å². The predicted molar refractivity (Wildman–Crippen MR) is 61.2 cm³/mol. The molecule has 0 bridgehead atoms. The second-order valence-corrected chi connectivity index (χ2v) is 4.16. The zero-order valence-electron chi connectivity index (χ0n) is 9.17. The second-order valence-electron chi connectivity index (χ2n) is 4.16. The summed E-state index contributed by atoms with van der Waals surface area (Å²) in [5.74, 6) is 0.542. The predicted octanol–water partition coefficient (Wildman–Crippen LogP) is 1.58. The zero-order valence-corrected chi connectivity index (χ0v) is 9.17. The summed E-state index contributed by atoms with van der Waals surface area (Å²) >= 11 is 0. The van der Waals surface area contributed by atoms with Crippen LogP contribution in [-0.2, 0) is 0 Å². The molecule has 0 saturated heterocycles. The fraction of sp³-hybridized carbons (Fsp3) is 0.545. The summed E-state index contributed by atoms with van der Waals surface area (Å²) in [5, 5.41) is 3.18. The largest absolute Gasteiger partial charge is 0.370 e. The maximum Gasteiger partial charge on any atom is 0.189 e. The summed E-state index contributed by atoms with van der Waals surface area (Å²) in [6.45, 7) is 7.09. The molecule has 0 saturated carbocycles. The van der Waals surface area contributed by atoms with Crippen LogP contribution in [0.5, 0.6) is 0 Å². The third kappa shape index (κ3) is 3.24. The average Bonchev–Trinajstić information content (AvgIpc) is 2.01. The number of guanidine groups is 1. The molecule has 0 aliphatic carbocycles. The molecule has 3 nitrogen and oxygen atoms in total. The van der Waals surface area contributed by atoms with E-state index >= 15 is 0 Å². The summed E-state index contributed by atoms with van der Waals surface area (Å²) in [6, 6.07) is 0. The lowest BCUT2D eigenvalue weighted by Gasteiger charge is -2.30. The van der Waals surface area contributed by atoms with E-state index in [1.165, 1.54) is 5.57 Å². The number of hydrogen-bond acceptors (Lipinski definition) is 3. The van der Waals surface area contributed by atoms with Crippen molar-refractivity contribution in [2.24, 2.45) is 10.7 Å². The molecule has 0 amide bonds. The molecule has 1 atom stereocenters. The van der Waals surface area contributed by atoms with Crippen LogP contribution >= 0.6 is 0 Å². The quantitative estimate of drug-likeness (QED) is 0.654. The maximum absolute atomic E-state index is 5.63. The lowest BCUT2D eigenvalue weighted by atomic mass is 9.96. The molecule has 0 radical (unpaired) electrons. The summed E-state index contributed by atoms with van der Waals surface area (Å²) in [6.07, 6.45) is 7.29. The number of aliphatic imine (C=N–C) groups is 1. The molecule has 78 valence electrons. The van der Waals surface area contributed by atoms with Crippen LogP contribution < -0.4 is 11.1 Å². The topological polar surface area (TPSA) is 50.4 Å². The molecule has 3 heteroatoms. The van der Waals surface area contributed by atoms with Crippen molar-refractivity contribution in [3.63, 3.8) is 0 Å². The lowest BCUT2D eigenvalue weighted by Crippen LogP contribution is -2.51. The maximum atomic E-state index is 5.63. The van der Waals surface area contributed by atoms with Gasteiger partial charge in [0.2, 0.25) is 0 Å². The van der Waals surface area contributed by atoms with Crippen molar-refractivity contribution >= 4 is 5.96 Å². The van der Waals surface area contributed by atoms with Gasteiger partial charge in [-0.25, -0.2) is 0 Å². The fourth-order valence-corrected chi connectivity index (χ4v) is 1.38. The minimum absolute atomic E-state index is 0.0439. The summed E-state index contributed by atoms with van der Waals surface area (Å²) in [5.41, 5.74) is 6.88. The molecule has 1 rings (SSSR count). The van der Waals surface area contributed by atoms with Crippen LogP contribution in [0, 0.1) is 0 Å². The summed E-state index contributed by atoms with van der Waals surface area (Å²) < 4.78 is 0. The Hall–Kier alpha value is -1.25. The minimum atomic E-state index is -0.0439. The highest BCUT2D eigenvalue weighted by Gasteiger charge is 2.23. The van der Waals surface area contributed by atoms with Gasteiger partial charge in [-0.3, -0.25) is 4.99 Å². The Balaban J connectivity index is 2.63. The van der Waals surface area contributed by atoms with Gasteiger partial charge in [0.25, 0.3) is 0 Å². The highest BCUT2D eigenvalue weighted by molar-refractivity contribution is 5.79. The molecule has 0 fully saturated rings. The monoisotopic (exact) mass is 193 g/mol. The van der Waals surface area contributed by atoms with Crippen molar-refractivity contribution in [3.8, 4) is 0 Å².